The Hall–Kier alpha value is -1.68. The normalized spacial score (nSPS) is 10.3. The second-order valence-corrected chi connectivity index (χ2v) is 5.12. The van der Waals surface area contributed by atoms with Gasteiger partial charge in [-0.1, -0.05) is 40.2 Å². The Balaban J connectivity index is 2.14. The monoisotopic (exact) mass is 321 g/mol. The number of rotatable bonds is 3. The quantitative estimate of drug-likeness (QED) is 0.840. The van der Waals surface area contributed by atoms with Crippen molar-refractivity contribution in [2.75, 3.05) is 7.05 Å². The van der Waals surface area contributed by atoms with Gasteiger partial charge in [-0.05, 0) is 29.8 Å². The summed E-state index contributed by atoms with van der Waals surface area (Å²) in [5, 5.41) is 0. The number of carbonyl (C=O) groups excluding carboxylic acids is 1. The Morgan fingerprint density at radius 1 is 1.21 bits per heavy atom. The number of amides is 1. The van der Waals surface area contributed by atoms with Gasteiger partial charge in [0.2, 0.25) is 0 Å². The van der Waals surface area contributed by atoms with Crippen molar-refractivity contribution in [2.24, 2.45) is 0 Å². The van der Waals surface area contributed by atoms with E-state index in [9.17, 15) is 9.18 Å². The highest BCUT2D eigenvalue weighted by molar-refractivity contribution is 9.10. The fourth-order valence-corrected chi connectivity index (χ4v) is 2.21. The molecule has 0 aliphatic carbocycles. The van der Waals surface area contributed by atoms with Gasteiger partial charge in [-0.15, -0.1) is 0 Å². The Morgan fingerprint density at radius 2 is 1.95 bits per heavy atom. The SMILES string of the molecule is CN(Cc1ccccc1Br)C(=O)c1cccc(F)c1. The molecule has 0 saturated carbocycles. The van der Waals surface area contributed by atoms with Crippen LogP contribution < -0.4 is 0 Å². The van der Waals surface area contributed by atoms with Crippen molar-refractivity contribution in [1.82, 2.24) is 4.90 Å². The second-order valence-electron chi connectivity index (χ2n) is 4.26. The van der Waals surface area contributed by atoms with Crippen molar-refractivity contribution in [2.45, 2.75) is 6.54 Å². The van der Waals surface area contributed by atoms with Gasteiger partial charge in [0, 0.05) is 23.6 Å². The number of hydrogen-bond acceptors (Lipinski definition) is 1. The molecule has 0 fully saturated rings. The van der Waals surface area contributed by atoms with Crippen LogP contribution in [0.5, 0.6) is 0 Å². The molecule has 0 aromatic heterocycles. The third kappa shape index (κ3) is 3.41. The molecule has 2 nitrogen and oxygen atoms in total. The highest BCUT2D eigenvalue weighted by atomic mass is 79.9. The van der Waals surface area contributed by atoms with Crippen LogP contribution in [0.1, 0.15) is 15.9 Å². The van der Waals surface area contributed by atoms with Crippen LogP contribution >= 0.6 is 15.9 Å². The topological polar surface area (TPSA) is 20.3 Å². The van der Waals surface area contributed by atoms with Crippen molar-refractivity contribution in [3.05, 3.63) is 69.9 Å². The molecule has 2 rings (SSSR count). The van der Waals surface area contributed by atoms with Gasteiger partial charge in [-0.3, -0.25) is 4.79 Å². The first-order chi connectivity index (χ1) is 9.08. The van der Waals surface area contributed by atoms with E-state index in [1.807, 2.05) is 24.3 Å². The summed E-state index contributed by atoms with van der Waals surface area (Å²) in [7, 11) is 1.70. The number of halogens is 2. The summed E-state index contributed by atoms with van der Waals surface area (Å²) in [4.78, 5) is 13.7. The van der Waals surface area contributed by atoms with Gasteiger partial charge >= 0.3 is 0 Å². The van der Waals surface area contributed by atoms with Crippen LogP contribution in [0, 0.1) is 5.82 Å². The van der Waals surface area contributed by atoms with E-state index >= 15 is 0 Å². The molecule has 0 bridgehead atoms. The minimum atomic E-state index is -0.403. The molecule has 4 heteroatoms. The van der Waals surface area contributed by atoms with Crippen LogP contribution in [0.4, 0.5) is 4.39 Å². The van der Waals surface area contributed by atoms with E-state index in [0.717, 1.165) is 10.0 Å². The van der Waals surface area contributed by atoms with Gasteiger partial charge in [0.15, 0.2) is 0 Å². The van der Waals surface area contributed by atoms with Gasteiger partial charge in [0.1, 0.15) is 5.82 Å². The average molecular weight is 322 g/mol. The second kappa shape index (κ2) is 5.97. The predicted molar refractivity (Wildman–Crippen MR) is 76.3 cm³/mol. The lowest BCUT2D eigenvalue weighted by atomic mass is 10.1. The summed E-state index contributed by atoms with van der Waals surface area (Å²) in [5.74, 6) is -0.601. The van der Waals surface area contributed by atoms with E-state index in [1.54, 1.807) is 18.0 Å². The summed E-state index contributed by atoms with van der Waals surface area (Å²) in [6.07, 6.45) is 0. The Labute approximate surface area is 120 Å². The first-order valence-corrected chi connectivity index (χ1v) is 6.61. The molecule has 0 atom stereocenters. The largest absolute Gasteiger partial charge is 0.337 e. The molecule has 0 radical (unpaired) electrons. The van der Waals surface area contributed by atoms with Crippen LogP contribution in [-0.4, -0.2) is 17.9 Å². The van der Waals surface area contributed by atoms with Crippen molar-refractivity contribution in [3.63, 3.8) is 0 Å². The van der Waals surface area contributed by atoms with Crippen LogP contribution in [0.2, 0.25) is 0 Å². The lowest BCUT2D eigenvalue weighted by molar-refractivity contribution is 0.0784. The highest BCUT2D eigenvalue weighted by Crippen LogP contribution is 2.18. The van der Waals surface area contributed by atoms with E-state index < -0.39 is 5.82 Å². The van der Waals surface area contributed by atoms with Gasteiger partial charge in [-0.25, -0.2) is 4.39 Å². The first kappa shape index (κ1) is 13.7. The molecule has 2 aromatic rings. The molecular formula is C15H13BrFNO. The lowest BCUT2D eigenvalue weighted by Crippen LogP contribution is -2.26. The molecule has 98 valence electrons. The molecule has 0 spiro atoms. The Bertz CT molecular complexity index is 600. The molecular weight excluding hydrogens is 309 g/mol. The molecule has 0 unspecified atom stereocenters. The third-order valence-corrected chi connectivity index (χ3v) is 3.56. The smallest absolute Gasteiger partial charge is 0.253 e. The fraction of sp³-hybridized carbons (Fsp3) is 0.133. The third-order valence-electron chi connectivity index (χ3n) is 2.78. The van der Waals surface area contributed by atoms with Gasteiger partial charge < -0.3 is 4.90 Å². The van der Waals surface area contributed by atoms with E-state index in [1.165, 1.54) is 18.2 Å². The van der Waals surface area contributed by atoms with Crippen LogP contribution in [-0.2, 0) is 6.54 Å². The predicted octanol–water partition coefficient (Wildman–Crippen LogP) is 3.86. The maximum Gasteiger partial charge on any atom is 0.253 e. The zero-order valence-electron chi connectivity index (χ0n) is 10.4. The number of carbonyl (C=O) groups is 1. The zero-order chi connectivity index (χ0) is 13.8. The molecule has 0 N–H and O–H groups in total. The van der Waals surface area contributed by atoms with Crippen LogP contribution in [0.25, 0.3) is 0 Å². The van der Waals surface area contributed by atoms with Crippen molar-refractivity contribution < 1.29 is 9.18 Å². The molecule has 0 saturated heterocycles. The molecule has 1 amide bonds. The molecule has 19 heavy (non-hydrogen) atoms. The Morgan fingerprint density at radius 3 is 2.63 bits per heavy atom. The van der Waals surface area contributed by atoms with E-state index in [4.69, 9.17) is 0 Å². The number of hydrogen-bond donors (Lipinski definition) is 0. The van der Waals surface area contributed by atoms with Gasteiger partial charge in [-0.2, -0.15) is 0 Å². The molecule has 2 aromatic carbocycles. The molecule has 0 aliphatic heterocycles. The Kier molecular flexibility index (Phi) is 4.32. The van der Waals surface area contributed by atoms with Crippen molar-refractivity contribution in [3.8, 4) is 0 Å². The standard InChI is InChI=1S/C15H13BrFNO/c1-18(10-12-5-2-3-8-14(12)16)15(19)11-6-4-7-13(17)9-11/h2-9H,10H2,1H3. The van der Waals surface area contributed by atoms with Gasteiger partial charge in [0.05, 0.1) is 0 Å². The molecule has 0 aliphatic rings. The van der Waals surface area contributed by atoms with E-state index in [2.05, 4.69) is 15.9 Å². The minimum absolute atomic E-state index is 0.199. The maximum atomic E-state index is 13.1. The summed E-state index contributed by atoms with van der Waals surface area (Å²) in [6, 6.07) is 13.4. The molecule has 0 heterocycles. The fourth-order valence-electron chi connectivity index (χ4n) is 1.80. The first-order valence-electron chi connectivity index (χ1n) is 5.82. The number of nitrogens with zero attached hydrogens (tertiary/aromatic N) is 1. The summed E-state index contributed by atoms with van der Waals surface area (Å²) in [6.45, 7) is 0.469. The maximum absolute atomic E-state index is 13.1. The van der Waals surface area contributed by atoms with Crippen molar-refractivity contribution >= 4 is 21.8 Å². The van der Waals surface area contributed by atoms with Crippen LogP contribution in [0.15, 0.2) is 53.0 Å². The summed E-state index contributed by atoms with van der Waals surface area (Å²) < 4.78 is 14.1. The zero-order valence-corrected chi connectivity index (χ0v) is 12.0. The van der Waals surface area contributed by atoms with Crippen LogP contribution in [0.3, 0.4) is 0 Å². The van der Waals surface area contributed by atoms with Crippen molar-refractivity contribution in [1.29, 1.82) is 0 Å². The average Bonchev–Trinajstić information content (AvgIpc) is 2.40. The van der Waals surface area contributed by atoms with Gasteiger partial charge in [0.25, 0.3) is 5.91 Å². The highest BCUT2D eigenvalue weighted by Gasteiger charge is 2.13. The van der Waals surface area contributed by atoms with E-state index in [0.29, 0.717) is 12.1 Å². The summed E-state index contributed by atoms with van der Waals surface area (Å²) in [5.41, 5.74) is 1.37. The lowest BCUT2D eigenvalue weighted by Gasteiger charge is -2.18. The van der Waals surface area contributed by atoms with E-state index in [-0.39, 0.29) is 5.91 Å². The minimum Gasteiger partial charge on any atom is -0.337 e. The summed E-state index contributed by atoms with van der Waals surface area (Å²) >= 11 is 3.44. The number of benzene rings is 2.